The number of likely N-dealkylation sites (N-methyl/N-ethyl adjacent to an activating group) is 1. The first-order chi connectivity index (χ1) is 9.07. The van der Waals surface area contributed by atoms with Crippen molar-refractivity contribution >= 4 is 0 Å². The minimum atomic E-state index is -0.0175. The van der Waals surface area contributed by atoms with Crippen molar-refractivity contribution < 1.29 is 0 Å². The molecule has 1 atom stereocenters. The van der Waals surface area contributed by atoms with Gasteiger partial charge in [0.2, 0.25) is 0 Å². The molecule has 0 spiro atoms. The van der Waals surface area contributed by atoms with Crippen molar-refractivity contribution in [2.45, 2.75) is 32.2 Å². The molecule has 0 aliphatic rings. The van der Waals surface area contributed by atoms with Crippen molar-refractivity contribution in [1.82, 2.24) is 14.9 Å². The Labute approximate surface area is 115 Å². The molecule has 102 valence electrons. The number of nitrogens with one attached hydrogen (secondary N) is 1. The number of hydrogen-bond donors (Lipinski definition) is 1. The van der Waals surface area contributed by atoms with E-state index >= 15 is 0 Å². The minimum absolute atomic E-state index is 0.0175. The van der Waals surface area contributed by atoms with Gasteiger partial charge in [-0.1, -0.05) is 51.1 Å². The molecule has 1 heterocycles. The third kappa shape index (κ3) is 2.71. The van der Waals surface area contributed by atoms with Gasteiger partial charge in [-0.25, -0.2) is 4.98 Å². The second kappa shape index (κ2) is 5.57. The summed E-state index contributed by atoms with van der Waals surface area (Å²) < 4.78 is 2.10. The maximum Gasteiger partial charge on any atom is 0.126 e. The molecule has 1 unspecified atom stereocenters. The van der Waals surface area contributed by atoms with Crippen LogP contribution in [0.25, 0.3) is 0 Å². The van der Waals surface area contributed by atoms with Crippen molar-refractivity contribution in [2.75, 3.05) is 6.54 Å². The largest absolute Gasteiger partial charge is 0.337 e. The summed E-state index contributed by atoms with van der Waals surface area (Å²) in [6.07, 6.45) is 3.86. The van der Waals surface area contributed by atoms with Crippen molar-refractivity contribution in [2.24, 2.45) is 7.05 Å². The first kappa shape index (κ1) is 13.8. The predicted molar refractivity (Wildman–Crippen MR) is 79.1 cm³/mol. The van der Waals surface area contributed by atoms with Gasteiger partial charge in [0.1, 0.15) is 5.82 Å². The Morgan fingerprint density at radius 1 is 1.26 bits per heavy atom. The van der Waals surface area contributed by atoms with Crippen LogP contribution >= 0.6 is 0 Å². The summed E-state index contributed by atoms with van der Waals surface area (Å²) >= 11 is 0. The average Bonchev–Trinajstić information content (AvgIpc) is 2.83. The molecule has 0 amide bonds. The summed E-state index contributed by atoms with van der Waals surface area (Å²) in [5.74, 6) is 1.08. The van der Waals surface area contributed by atoms with Gasteiger partial charge in [0.15, 0.2) is 0 Å². The number of imidazole rings is 1. The summed E-state index contributed by atoms with van der Waals surface area (Å²) in [6.45, 7) is 7.60. The molecular weight excluding hydrogens is 234 g/mol. The Kier molecular flexibility index (Phi) is 4.05. The Morgan fingerprint density at radius 2 is 1.95 bits per heavy atom. The van der Waals surface area contributed by atoms with E-state index in [1.165, 1.54) is 5.56 Å². The molecule has 0 aliphatic carbocycles. The summed E-state index contributed by atoms with van der Waals surface area (Å²) in [5, 5.41) is 3.58. The molecule has 19 heavy (non-hydrogen) atoms. The summed E-state index contributed by atoms with van der Waals surface area (Å²) in [4.78, 5) is 4.53. The molecule has 2 aromatic rings. The Hall–Kier alpha value is -1.61. The van der Waals surface area contributed by atoms with Gasteiger partial charge in [0, 0.05) is 24.9 Å². The van der Waals surface area contributed by atoms with Crippen molar-refractivity contribution in [3.63, 3.8) is 0 Å². The molecule has 0 saturated carbocycles. The fourth-order valence-corrected chi connectivity index (χ4v) is 2.56. The molecule has 0 radical (unpaired) electrons. The highest BCUT2D eigenvalue weighted by Crippen LogP contribution is 2.35. The number of aryl methyl sites for hydroxylation is 1. The van der Waals surface area contributed by atoms with Crippen LogP contribution in [-0.4, -0.2) is 16.1 Å². The molecule has 1 N–H and O–H groups in total. The van der Waals surface area contributed by atoms with E-state index in [4.69, 9.17) is 0 Å². The maximum atomic E-state index is 4.53. The van der Waals surface area contributed by atoms with E-state index in [0.29, 0.717) is 0 Å². The minimum Gasteiger partial charge on any atom is -0.337 e. The van der Waals surface area contributed by atoms with Crippen LogP contribution in [0.15, 0.2) is 42.7 Å². The van der Waals surface area contributed by atoms with Gasteiger partial charge in [0.05, 0.1) is 6.04 Å². The van der Waals surface area contributed by atoms with Crippen molar-refractivity contribution in [1.29, 1.82) is 0 Å². The average molecular weight is 257 g/mol. The molecule has 0 aliphatic heterocycles. The molecule has 1 aromatic heterocycles. The monoisotopic (exact) mass is 257 g/mol. The molecule has 0 fully saturated rings. The highest BCUT2D eigenvalue weighted by molar-refractivity contribution is 5.28. The SMILES string of the molecule is CCNC(c1nccn1C)C(C)(C)c1ccccc1. The lowest BCUT2D eigenvalue weighted by Crippen LogP contribution is -2.39. The number of nitrogens with zero attached hydrogens (tertiary/aromatic N) is 2. The normalized spacial score (nSPS) is 13.5. The number of aromatic nitrogens is 2. The highest BCUT2D eigenvalue weighted by Gasteiger charge is 2.34. The third-order valence-electron chi connectivity index (χ3n) is 3.76. The molecule has 1 aromatic carbocycles. The zero-order valence-corrected chi connectivity index (χ0v) is 12.2. The van der Waals surface area contributed by atoms with Crippen LogP contribution in [0.3, 0.4) is 0 Å². The highest BCUT2D eigenvalue weighted by atomic mass is 15.1. The fraction of sp³-hybridized carbons (Fsp3) is 0.438. The number of benzene rings is 1. The summed E-state index contributed by atoms with van der Waals surface area (Å²) in [6, 6.07) is 10.8. The fourth-order valence-electron chi connectivity index (χ4n) is 2.56. The third-order valence-corrected chi connectivity index (χ3v) is 3.76. The number of hydrogen-bond acceptors (Lipinski definition) is 2. The van der Waals surface area contributed by atoms with Gasteiger partial charge in [-0.05, 0) is 12.1 Å². The number of rotatable bonds is 5. The van der Waals surface area contributed by atoms with Gasteiger partial charge in [-0.3, -0.25) is 0 Å². The second-order valence-electron chi connectivity index (χ2n) is 5.47. The first-order valence-corrected chi connectivity index (χ1v) is 6.83. The smallest absolute Gasteiger partial charge is 0.126 e. The van der Waals surface area contributed by atoms with Gasteiger partial charge in [0.25, 0.3) is 0 Å². The van der Waals surface area contributed by atoms with Crippen LogP contribution in [0.2, 0.25) is 0 Å². The van der Waals surface area contributed by atoms with Crippen molar-refractivity contribution in [3.05, 3.63) is 54.1 Å². The van der Waals surface area contributed by atoms with Crippen LogP contribution < -0.4 is 5.32 Å². The Balaban J connectivity index is 2.41. The van der Waals surface area contributed by atoms with Crippen LogP contribution in [0.4, 0.5) is 0 Å². The van der Waals surface area contributed by atoms with Crippen LogP contribution in [0.5, 0.6) is 0 Å². The van der Waals surface area contributed by atoms with E-state index in [9.17, 15) is 0 Å². The lowest BCUT2D eigenvalue weighted by atomic mass is 9.77. The molecule has 2 rings (SSSR count). The van der Waals surface area contributed by atoms with E-state index in [-0.39, 0.29) is 11.5 Å². The molecule has 3 nitrogen and oxygen atoms in total. The van der Waals surface area contributed by atoms with Crippen LogP contribution in [-0.2, 0) is 12.5 Å². The molecule has 0 saturated heterocycles. The van der Waals surface area contributed by atoms with Gasteiger partial charge < -0.3 is 9.88 Å². The standard InChI is InChI=1S/C16H23N3/c1-5-17-14(15-18-11-12-19(15)4)16(2,3)13-9-7-6-8-10-13/h6-12,14,17H,5H2,1-4H3. The summed E-state index contributed by atoms with van der Waals surface area (Å²) in [7, 11) is 2.05. The lowest BCUT2D eigenvalue weighted by Gasteiger charge is -2.35. The first-order valence-electron chi connectivity index (χ1n) is 6.83. The zero-order chi connectivity index (χ0) is 13.9. The predicted octanol–water partition coefficient (Wildman–Crippen LogP) is 3.05. The Morgan fingerprint density at radius 3 is 2.47 bits per heavy atom. The second-order valence-corrected chi connectivity index (χ2v) is 5.47. The van der Waals surface area contributed by atoms with E-state index in [1.807, 2.05) is 19.4 Å². The summed E-state index contributed by atoms with van der Waals surface area (Å²) in [5.41, 5.74) is 1.31. The van der Waals surface area contributed by atoms with E-state index in [0.717, 1.165) is 12.4 Å². The molecule has 0 bridgehead atoms. The van der Waals surface area contributed by atoms with Crippen LogP contribution in [0, 0.1) is 0 Å². The van der Waals surface area contributed by atoms with Gasteiger partial charge >= 0.3 is 0 Å². The quantitative estimate of drug-likeness (QED) is 0.892. The van der Waals surface area contributed by atoms with Crippen molar-refractivity contribution in [3.8, 4) is 0 Å². The van der Waals surface area contributed by atoms with Gasteiger partial charge in [-0.2, -0.15) is 0 Å². The van der Waals surface area contributed by atoms with Gasteiger partial charge in [-0.15, -0.1) is 0 Å². The zero-order valence-electron chi connectivity index (χ0n) is 12.2. The van der Waals surface area contributed by atoms with E-state index in [2.05, 4.69) is 66.0 Å². The topological polar surface area (TPSA) is 29.9 Å². The van der Waals surface area contributed by atoms with E-state index in [1.54, 1.807) is 0 Å². The molecule has 3 heteroatoms. The van der Waals surface area contributed by atoms with E-state index < -0.39 is 0 Å². The Bertz CT molecular complexity index is 514. The maximum absolute atomic E-state index is 4.53. The van der Waals surface area contributed by atoms with Crippen LogP contribution in [0.1, 0.15) is 38.2 Å². The lowest BCUT2D eigenvalue weighted by molar-refractivity contribution is 0.333. The molecular formula is C16H23N3.